The second-order valence-corrected chi connectivity index (χ2v) is 8.85. The summed E-state index contributed by atoms with van der Waals surface area (Å²) in [5, 5.41) is 3.84. The molecule has 1 aromatic carbocycles. The number of oxazole rings is 1. The van der Waals surface area contributed by atoms with Crippen LogP contribution < -0.4 is 10.1 Å². The van der Waals surface area contributed by atoms with Crippen LogP contribution in [0.3, 0.4) is 0 Å². The number of ether oxygens (including phenoxy) is 1. The smallest absolute Gasteiger partial charge is 0.226 e. The molecule has 4 aliphatic carbocycles. The van der Waals surface area contributed by atoms with Crippen molar-refractivity contribution in [3.05, 3.63) is 36.2 Å². The van der Waals surface area contributed by atoms with E-state index in [1.807, 2.05) is 24.3 Å². The van der Waals surface area contributed by atoms with Crippen LogP contribution in [0.1, 0.15) is 51.1 Å². The normalized spacial score (nSPS) is 31.4. The summed E-state index contributed by atoms with van der Waals surface area (Å²) in [6.45, 7) is 3.67. The highest BCUT2D eigenvalue weighted by atomic mass is 16.5. The third-order valence-electron chi connectivity index (χ3n) is 6.87. The molecule has 6 rings (SSSR count). The Hall–Kier alpha value is -1.81. The van der Waals surface area contributed by atoms with Crippen LogP contribution in [0.25, 0.3) is 11.5 Å². The summed E-state index contributed by atoms with van der Waals surface area (Å²) in [4.78, 5) is 4.70. The molecule has 2 aromatic rings. The minimum atomic E-state index is 0.688. The highest BCUT2D eigenvalue weighted by Gasteiger charge is 2.47. The lowest BCUT2D eigenvalue weighted by molar-refractivity contribution is -0.0143. The number of benzene rings is 1. The van der Waals surface area contributed by atoms with Crippen molar-refractivity contribution in [2.24, 2.45) is 23.7 Å². The Balaban J connectivity index is 1.20. The molecule has 0 amide bonds. The van der Waals surface area contributed by atoms with Crippen molar-refractivity contribution in [3.8, 4) is 17.2 Å². The Labute approximate surface area is 161 Å². The van der Waals surface area contributed by atoms with Crippen LogP contribution in [0.2, 0.25) is 0 Å². The van der Waals surface area contributed by atoms with E-state index in [0.29, 0.717) is 11.9 Å². The molecular weight excluding hydrogens is 336 g/mol. The van der Waals surface area contributed by atoms with Crippen molar-refractivity contribution in [1.29, 1.82) is 0 Å². The molecule has 0 radical (unpaired) electrons. The van der Waals surface area contributed by atoms with Crippen molar-refractivity contribution in [3.63, 3.8) is 0 Å². The van der Waals surface area contributed by atoms with Crippen molar-refractivity contribution in [2.75, 3.05) is 6.61 Å². The molecule has 0 aliphatic heterocycles. The van der Waals surface area contributed by atoms with Gasteiger partial charge in [-0.15, -0.1) is 0 Å². The molecule has 1 aromatic heterocycles. The van der Waals surface area contributed by atoms with Gasteiger partial charge in [-0.05, 0) is 86.5 Å². The van der Waals surface area contributed by atoms with Gasteiger partial charge in [0.2, 0.25) is 5.89 Å². The summed E-state index contributed by atoms with van der Waals surface area (Å²) < 4.78 is 11.4. The molecule has 0 unspecified atom stereocenters. The Morgan fingerprint density at radius 2 is 1.74 bits per heavy atom. The van der Waals surface area contributed by atoms with Crippen LogP contribution >= 0.6 is 0 Å². The van der Waals surface area contributed by atoms with E-state index in [4.69, 9.17) is 14.1 Å². The standard InChI is InChI=1S/C23H30N2O2/c1-2-7-26-21-5-3-17(4-6-21)23-25-20(14-27-23)13-24-22-18-9-15-8-16(11-18)12-19(22)10-15/h3-6,14-16,18-19,22,24H,2,7-13H2,1H3. The number of rotatable bonds is 7. The maximum Gasteiger partial charge on any atom is 0.226 e. The molecule has 1 N–H and O–H groups in total. The van der Waals surface area contributed by atoms with Gasteiger partial charge in [0.15, 0.2) is 0 Å². The molecule has 4 heteroatoms. The molecule has 1 heterocycles. The van der Waals surface area contributed by atoms with Gasteiger partial charge >= 0.3 is 0 Å². The topological polar surface area (TPSA) is 47.3 Å². The third-order valence-corrected chi connectivity index (χ3v) is 6.87. The third kappa shape index (κ3) is 3.52. The zero-order valence-electron chi connectivity index (χ0n) is 16.2. The summed E-state index contributed by atoms with van der Waals surface area (Å²) in [5.41, 5.74) is 2.00. The first-order chi connectivity index (χ1) is 13.3. The fourth-order valence-electron chi connectivity index (χ4n) is 5.92. The predicted octanol–water partition coefficient (Wildman–Crippen LogP) is 5.04. The van der Waals surface area contributed by atoms with Gasteiger partial charge in [-0.2, -0.15) is 0 Å². The minimum Gasteiger partial charge on any atom is -0.494 e. The van der Waals surface area contributed by atoms with Crippen LogP contribution in [-0.4, -0.2) is 17.6 Å². The van der Waals surface area contributed by atoms with E-state index in [9.17, 15) is 0 Å². The number of nitrogens with zero attached hydrogens (tertiary/aromatic N) is 1. The quantitative estimate of drug-likeness (QED) is 0.745. The van der Waals surface area contributed by atoms with Gasteiger partial charge in [-0.1, -0.05) is 6.92 Å². The van der Waals surface area contributed by atoms with E-state index in [0.717, 1.165) is 60.3 Å². The second-order valence-electron chi connectivity index (χ2n) is 8.85. The minimum absolute atomic E-state index is 0.688. The lowest BCUT2D eigenvalue weighted by atomic mass is 9.54. The first kappa shape index (κ1) is 17.3. The van der Waals surface area contributed by atoms with Crippen LogP contribution in [0.5, 0.6) is 5.75 Å². The Morgan fingerprint density at radius 3 is 2.41 bits per heavy atom. The number of hydrogen-bond donors (Lipinski definition) is 1. The predicted molar refractivity (Wildman–Crippen MR) is 105 cm³/mol. The molecule has 0 saturated heterocycles. The van der Waals surface area contributed by atoms with Crippen molar-refractivity contribution < 1.29 is 9.15 Å². The summed E-state index contributed by atoms with van der Waals surface area (Å²) >= 11 is 0. The molecule has 144 valence electrons. The van der Waals surface area contributed by atoms with Gasteiger partial charge in [-0.25, -0.2) is 4.98 Å². The average molecular weight is 367 g/mol. The van der Waals surface area contributed by atoms with Gasteiger partial charge in [0.25, 0.3) is 0 Å². The monoisotopic (exact) mass is 366 g/mol. The Bertz CT molecular complexity index is 739. The highest BCUT2D eigenvalue weighted by molar-refractivity contribution is 5.54. The van der Waals surface area contributed by atoms with E-state index in [2.05, 4.69) is 12.2 Å². The van der Waals surface area contributed by atoms with E-state index in [1.165, 1.54) is 32.1 Å². The molecule has 27 heavy (non-hydrogen) atoms. The van der Waals surface area contributed by atoms with E-state index >= 15 is 0 Å². The zero-order chi connectivity index (χ0) is 18.2. The van der Waals surface area contributed by atoms with Gasteiger partial charge in [0.05, 0.1) is 12.3 Å². The SMILES string of the molecule is CCCOc1ccc(-c2nc(CNC3C4CC5CC(C4)CC3C5)co2)cc1. The summed E-state index contributed by atoms with van der Waals surface area (Å²) in [7, 11) is 0. The number of nitrogens with one attached hydrogen (secondary N) is 1. The molecule has 4 nitrogen and oxygen atoms in total. The van der Waals surface area contributed by atoms with Gasteiger partial charge in [0.1, 0.15) is 12.0 Å². The Kier molecular flexibility index (Phi) is 4.68. The molecule has 4 fully saturated rings. The average Bonchev–Trinajstić information content (AvgIpc) is 3.15. The molecular formula is C23H30N2O2. The van der Waals surface area contributed by atoms with Gasteiger partial charge < -0.3 is 14.5 Å². The second kappa shape index (κ2) is 7.31. The molecule has 0 atom stereocenters. The van der Waals surface area contributed by atoms with Crippen LogP contribution in [0.4, 0.5) is 0 Å². The van der Waals surface area contributed by atoms with Gasteiger partial charge in [-0.3, -0.25) is 0 Å². The van der Waals surface area contributed by atoms with E-state index in [1.54, 1.807) is 6.26 Å². The van der Waals surface area contributed by atoms with Crippen LogP contribution in [-0.2, 0) is 6.54 Å². The van der Waals surface area contributed by atoms with Crippen LogP contribution in [0.15, 0.2) is 34.9 Å². The van der Waals surface area contributed by atoms with Crippen LogP contribution in [0, 0.1) is 23.7 Å². The lowest BCUT2D eigenvalue weighted by Gasteiger charge is -2.54. The fourth-order valence-corrected chi connectivity index (χ4v) is 5.92. The first-order valence-corrected chi connectivity index (χ1v) is 10.7. The van der Waals surface area contributed by atoms with Gasteiger partial charge in [0, 0.05) is 18.2 Å². The maximum absolute atomic E-state index is 5.74. The van der Waals surface area contributed by atoms with E-state index < -0.39 is 0 Å². The van der Waals surface area contributed by atoms with Crippen molar-refractivity contribution >= 4 is 0 Å². The molecule has 0 spiro atoms. The number of aromatic nitrogens is 1. The molecule has 4 bridgehead atoms. The largest absolute Gasteiger partial charge is 0.494 e. The fraction of sp³-hybridized carbons (Fsp3) is 0.609. The number of hydrogen-bond acceptors (Lipinski definition) is 4. The highest BCUT2D eigenvalue weighted by Crippen LogP contribution is 2.53. The Morgan fingerprint density at radius 1 is 1.04 bits per heavy atom. The van der Waals surface area contributed by atoms with E-state index in [-0.39, 0.29) is 0 Å². The van der Waals surface area contributed by atoms with Crippen molar-refractivity contribution in [1.82, 2.24) is 10.3 Å². The molecule has 4 saturated carbocycles. The maximum atomic E-state index is 5.74. The lowest BCUT2D eigenvalue weighted by Crippen LogP contribution is -2.54. The molecule has 4 aliphatic rings. The summed E-state index contributed by atoms with van der Waals surface area (Å²) in [6.07, 6.45) is 10.1. The summed E-state index contributed by atoms with van der Waals surface area (Å²) in [6, 6.07) is 8.70. The zero-order valence-corrected chi connectivity index (χ0v) is 16.2. The summed E-state index contributed by atoms with van der Waals surface area (Å²) in [5.74, 6) is 5.42. The first-order valence-electron chi connectivity index (χ1n) is 10.7. The van der Waals surface area contributed by atoms with Crippen molar-refractivity contribution in [2.45, 2.75) is 58.0 Å².